The predicted octanol–water partition coefficient (Wildman–Crippen LogP) is 4.12. The number of aromatic nitrogens is 2. The van der Waals surface area contributed by atoms with Crippen LogP contribution in [-0.4, -0.2) is 40.0 Å². The molecule has 1 aromatic heterocycles. The van der Waals surface area contributed by atoms with Gasteiger partial charge < -0.3 is 9.47 Å². The van der Waals surface area contributed by atoms with Gasteiger partial charge in [0.2, 0.25) is 11.9 Å². The van der Waals surface area contributed by atoms with Crippen molar-refractivity contribution in [2.45, 2.75) is 32.7 Å². The zero-order valence-corrected chi connectivity index (χ0v) is 16.6. The van der Waals surface area contributed by atoms with Gasteiger partial charge in [-0.15, -0.1) is 0 Å². The second-order valence-electron chi connectivity index (χ2n) is 7.45. The minimum atomic E-state index is 0.0402. The van der Waals surface area contributed by atoms with E-state index in [0.29, 0.717) is 11.9 Å². The van der Waals surface area contributed by atoms with Crippen molar-refractivity contribution < 1.29 is 4.79 Å². The van der Waals surface area contributed by atoms with Crippen LogP contribution >= 0.6 is 0 Å². The van der Waals surface area contributed by atoms with E-state index in [2.05, 4.69) is 46.8 Å². The molecule has 0 saturated heterocycles. The number of amides is 1. The third-order valence-corrected chi connectivity index (χ3v) is 5.78. The van der Waals surface area contributed by atoms with Gasteiger partial charge >= 0.3 is 0 Å². The lowest BCUT2D eigenvalue weighted by atomic mass is 10.1. The molecule has 1 fully saturated rings. The van der Waals surface area contributed by atoms with Crippen molar-refractivity contribution >= 4 is 22.9 Å². The van der Waals surface area contributed by atoms with Crippen LogP contribution in [0.5, 0.6) is 0 Å². The summed E-state index contributed by atoms with van der Waals surface area (Å²) in [6.07, 6.45) is 0.912. The zero-order chi connectivity index (χ0) is 19.5. The van der Waals surface area contributed by atoms with E-state index < -0.39 is 0 Å². The van der Waals surface area contributed by atoms with Crippen LogP contribution in [0.15, 0.2) is 54.6 Å². The number of fused-ring (bicyclic) bond motifs is 1. The van der Waals surface area contributed by atoms with E-state index in [4.69, 9.17) is 4.98 Å². The van der Waals surface area contributed by atoms with Crippen LogP contribution in [0.25, 0.3) is 11.0 Å². The molecule has 1 N–H and O–H groups in total. The molecule has 1 amide bonds. The van der Waals surface area contributed by atoms with Crippen molar-refractivity contribution in [2.75, 3.05) is 25.0 Å². The lowest BCUT2D eigenvalue weighted by Crippen LogP contribution is -2.28. The molecule has 5 nitrogen and oxygen atoms in total. The van der Waals surface area contributed by atoms with Crippen LogP contribution < -0.4 is 5.32 Å². The Hall–Kier alpha value is -2.66. The van der Waals surface area contributed by atoms with Crippen LogP contribution in [-0.2, 0) is 11.3 Å². The molecule has 4 rings (SSSR count). The number of anilines is 1. The summed E-state index contributed by atoms with van der Waals surface area (Å²) >= 11 is 0. The number of rotatable bonds is 8. The van der Waals surface area contributed by atoms with Crippen LogP contribution in [0.3, 0.4) is 0 Å². The van der Waals surface area contributed by atoms with Gasteiger partial charge in [0.15, 0.2) is 0 Å². The molecule has 2 atom stereocenters. The highest BCUT2D eigenvalue weighted by molar-refractivity contribution is 5.95. The Labute approximate surface area is 166 Å². The summed E-state index contributed by atoms with van der Waals surface area (Å²) in [5, 5.41) is 3.12. The van der Waals surface area contributed by atoms with Gasteiger partial charge in [-0.2, -0.15) is 0 Å². The second-order valence-corrected chi connectivity index (χ2v) is 7.45. The number of imidazole rings is 1. The van der Waals surface area contributed by atoms with Crippen molar-refractivity contribution in [1.29, 1.82) is 0 Å². The van der Waals surface area contributed by atoms with Gasteiger partial charge in [-0.25, -0.2) is 4.98 Å². The van der Waals surface area contributed by atoms with Gasteiger partial charge in [0, 0.05) is 19.0 Å². The fourth-order valence-electron chi connectivity index (χ4n) is 3.93. The Bertz CT molecular complexity index is 946. The van der Waals surface area contributed by atoms with E-state index >= 15 is 0 Å². The molecule has 0 spiro atoms. The van der Waals surface area contributed by atoms with E-state index in [1.807, 2.05) is 36.4 Å². The van der Waals surface area contributed by atoms with Crippen LogP contribution in [0.1, 0.15) is 31.7 Å². The highest BCUT2D eigenvalue weighted by Gasteiger charge is 2.44. The quantitative estimate of drug-likeness (QED) is 0.643. The van der Waals surface area contributed by atoms with E-state index in [1.165, 1.54) is 5.56 Å². The number of nitrogens with one attached hydrogen (secondary N) is 1. The van der Waals surface area contributed by atoms with Gasteiger partial charge in [-0.1, -0.05) is 56.3 Å². The molecular formula is C23H28N4O. The van der Waals surface area contributed by atoms with E-state index in [-0.39, 0.29) is 11.8 Å². The van der Waals surface area contributed by atoms with Gasteiger partial charge in [-0.05, 0) is 43.1 Å². The average Bonchev–Trinajstić information content (AvgIpc) is 3.47. The standard InChI is InChI=1S/C23H28N4O/c1-3-26(4-2)14-15-27-21-13-9-8-12-20(21)24-23(27)25-22(28)19-16-18(19)17-10-6-5-7-11-17/h5-13,18-19H,3-4,14-16H2,1-2H3,(H,24,25,28)/t18-,19-/m0/s1. The number of hydrogen-bond donors (Lipinski definition) is 1. The molecule has 1 saturated carbocycles. The summed E-state index contributed by atoms with van der Waals surface area (Å²) < 4.78 is 2.14. The maximum Gasteiger partial charge on any atom is 0.230 e. The maximum absolute atomic E-state index is 12.9. The van der Waals surface area contributed by atoms with Crippen molar-refractivity contribution in [3.63, 3.8) is 0 Å². The second kappa shape index (κ2) is 8.15. The number of hydrogen-bond acceptors (Lipinski definition) is 3. The maximum atomic E-state index is 12.9. The minimum Gasteiger partial charge on any atom is -0.309 e. The Morgan fingerprint density at radius 1 is 1.11 bits per heavy atom. The Kier molecular flexibility index (Phi) is 5.44. The first-order chi connectivity index (χ1) is 13.7. The molecule has 0 radical (unpaired) electrons. The number of likely N-dealkylation sites (N-methyl/N-ethyl adjacent to an activating group) is 1. The molecule has 1 aliphatic carbocycles. The number of carbonyl (C=O) groups excluding carboxylic acids is 1. The molecule has 146 valence electrons. The summed E-state index contributed by atoms with van der Waals surface area (Å²) in [4.78, 5) is 19.9. The molecular weight excluding hydrogens is 348 g/mol. The highest BCUT2D eigenvalue weighted by Crippen LogP contribution is 2.47. The first-order valence-corrected chi connectivity index (χ1v) is 10.2. The normalized spacial score (nSPS) is 18.5. The fourth-order valence-corrected chi connectivity index (χ4v) is 3.93. The molecule has 0 unspecified atom stereocenters. The molecule has 0 bridgehead atoms. The molecule has 1 heterocycles. The zero-order valence-electron chi connectivity index (χ0n) is 16.6. The number of para-hydroxylation sites is 2. The van der Waals surface area contributed by atoms with Crippen molar-refractivity contribution in [3.8, 4) is 0 Å². The van der Waals surface area contributed by atoms with Gasteiger partial charge in [0.25, 0.3) is 0 Å². The molecule has 2 aromatic carbocycles. The Morgan fingerprint density at radius 2 is 1.82 bits per heavy atom. The highest BCUT2D eigenvalue weighted by atomic mass is 16.2. The third-order valence-electron chi connectivity index (χ3n) is 5.78. The lowest BCUT2D eigenvalue weighted by Gasteiger charge is -2.19. The molecule has 0 aliphatic heterocycles. The number of carbonyl (C=O) groups is 1. The Balaban J connectivity index is 1.51. The monoisotopic (exact) mass is 376 g/mol. The van der Waals surface area contributed by atoms with Crippen molar-refractivity contribution in [2.24, 2.45) is 5.92 Å². The average molecular weight is 377 g/mol. The topological polar surface area (TPSA) is 50.2 Å². The van der Waals surface area contributed by atoms with Crippen molar-refractivity contribution in [3.05, 3.63) is 60.2 Å². The van der Waals surface area contributed by atoms with Gasteiger partial charge in [-0.3, -0.25) is 10.1 Å². The number of benzene rings is 2. The van der Waals surface area contributed by atoms with E-state index in [9.17, 15) is 4.79 Å². The van der Waals surface area contributed by atoms with Crippen molar-refractivity contribution in [1.82, 2.24) is 14.5 Å². The summed E-state index contributed by atoms with van der Waals surface area (Å²) in [7, 11) is 0. The first kappa shape index (κ1) is 18.7. The van der Waals surface area contributed by atoms with Crippen LogP contribution in [0, 0.1) is 5.92 Å². The first-order valence-electron chi connectivity index (χ1n) is 10.2. The molecule has 5 heteroatoms. The molecule has 3 aromatic rings. The summed E-state index contributed by atoms with van der Waals surface area (Å²) in [6, 6.07) is 18.4. The van der Waals surface area contributed by atoms with E-state index in [1.54, 1.807) is 0 Å². The van der Waals surface area contributed by atoms with Gasteiger partial charge in [0.05, 0.1) is 11.0 Å². The molecule has 1 aliphatic rings. The summed E-state index contributed by atoms with van der Waals surface area (Å²) in [5.41, 5.74) is 3.24. The van der Waals surface area contributed by atoms with Crippen LogP contribution in [0.2, 0.25) is 0 Å². The van der Waals surface area contributed by atoms with Crippen LogP contribution in [0.4, 0.5) is 5.95 Å². The largest absolute Gasteiger partial charge is 0.309 e. The number of nitrogens with zero attached hydrogens (tertiary/aromatic N) is 3. The predicted molar refractivity (Wildman–Crippen MR) is 113 cm³/mol. The Morgan fingerprint density at radius 3 is 2.57 bits per heavy atom. The molecule has 28 heavy (non-hydrogen) atoms. The van der Waals surface area contributed by atoms with E-state index in [0.717, 1.165) is 43.6 Å². The lowest BCUT2D eigenvalue weighted by molar-refractivity contribution is -0.117. The smallest absolute Gasteiger partial charge is 0.230 e. The van der Waals surface area contributed by atoms with Gasteiger partial charge in [0.1, 0.15) is 0 Å². The third kappa shape index (κ3) is 3.80. The minimum absolute atomic E-state index is 0.0402. The summed E-state index contributed by atoms with van der Waals surface area (Å²) in [5.74, 6) is 1.11. The SMILES string of the molecule is CCN(CC)CCn1c(NC(=O)[C@H]2C[C@H]2c2ccccc2)nc2ccccc21. The fraction of sp³-hybridized carbons (Fsp3) is 0.391. The summed E-state index contributed by atoms with van der Waals surface area (Å²) in [6.45, 7) is 8.14.